The Labute approximate surface area is 167 Å². The largest absolute Gasteiger partial charge is 0.382 e. The van der Waals surface area contributed by atoms with Crippen molar-refractivity contribution in [3.8, 4) is 23.2 Å². The molecule has 1 aromatic carbocycles. The number of nitrogens with two attached hydrogens (primary N) is 1. The number of fused-ring (bicyclic) bond motifs is 1. The number of benzene rings is 1. The van der Waals surface area contributed by atoms with Crippen LogP contribution >= 0.6 is 12.4 Å². The minimum Gasteiger partial charge on any atom is -0.382 e. The molecule has 3 N–H and O–H groups in total. The van der Waals surface area contributed by atoms with Crippen LogP contribution in [0.15, 0.2) is 24.3 Å². The lowest BCUT2D eigenvalue weighted by atomic mass is 9.95. The Bertz CT molecular complexity index is 1080. The molecule has 0 saturated carbocycles. The second-order valence-corrected chi connectivity index (χ2v) is 6.50. The first-order chi connectivity index (χ1) is 13.0. The number of nitrogens with zero attached hydrogens (tertiary/aromatic N) is 4. The molecule has 1 aliphatic heterocycles. The SMILES string of the molecule is Cl.Cn1c(-c2cccc(F)c2)nc2c(N)nc(C#CC3(O)CCOCC3)nc21. The first-order valence-corrected chi connectivity index (χ1v) is 8.54. The van der Waals surface area contributed by atoms with Crippen LogP contribution < -0.4 is 5.73 Å². The van der Waals surface area contributed by atoms with Gasteiger partial charge in [-0.1, -0.05) is 18.1 Å². The van der Waals surface area contributed by atoms with Crippen molar-refractivity contribution in [3.05, 3.63) is 35.9 Å². The van der Waals surface area contributed by atoms with Gasteiger partial charge >= 0.3 is 0 Å². The van der Waals surface area contributed by atoms with Crippen LogP contribution in [0.2, 0.25) is 0 Å². The van der Waals surface area contributed by atoms with E-state index in [0.717, 1.165) is 0 Å². The van der Waals surface area contributed by atoms with Crippen molar-refractivity contribution in [2.24, 2.45) is 7.05 Å². The van der Waals surface area contributed by atoms with Crippen molar-refractivity contribution in [2.45, 2.75) is 18.4 Å². The summed E-state index contributed by atoms with van der Waals surface area (Å²) in [7, 11) is 1.77. The topological polar surface area (TPSA) is 99.1 Å². The van der Waals surface area contributed by atoms with Crippen LogP contribution in [-0.4, -0.2) is 43.4 Å². The van der Waals surface area contributed by atoms with Crippen LogP contribution in [0.25, 0.3) is 22.6 Å². The van der Waals surface area contributed by atoms with E-state index in [1.807, 2.05) is 0 Å². The molecule has 1 fully saturated rings. The lowest BCUT2D eigenvalue weighted by Crippen LogP contribution is -2.34. The molecule has 1 saturated heterocycles. The van der Waals surface area contributed by atoms with E-state index in [4.69, 9.17) is 10.5 Å². The molecule has 2 aromatic heterocycles. The van der Waals surface area contributed by atoms with E-state index in [2.05, 4.69) is 26.8 Å². The molecular formula is C19H19ClFN5O2. The Kier molecular flexibility index (Phi) is 5.52. The summed E-state index contributed by atoms with van der Waals surface area (Å²) in [6, 6.07) is 6.14. The molecule has 0 atom stereocenters. The lowest BCUT2D eigenvalue weighted by Gasteiger charge is -2.26. The molecule has 3 aromatic rings. The number of halogens is 2. The fraction of sp³-hybridized carbons (Fsp3) is 0.316. The fourth-order valence-corrected chi connectivity index (χ4v) is 3.03. The van der Waals surface area contributed by atoms with Crippen LogP contribution in [0, 0.1) is 17.7 Å². The zero-order valence-corrected chi connectivity index (χ0v) is 16.0. The molecule has 0 spiro atoms. The monoisotopic (exact) mass is 403 g/mol. The Balaban J connectivity index is 0.00000225. The van der Waals surface area contributed by atoms with Gasteiger partial charge in [-0.05, 0) is 18.1 Å². The third kappa shape index (κ3) is 3.78. The lowest BCUT2D eigenvalue weighted by molar-refractivity contribution is -0.0262. The summed E-state index contributed by atoms with van der Waals surface area (Å²) in [5.74, 6) is 6.21. The van der Waals surface area contributed by atoms with Gasteiger partial charge in [0.05, 0.1) is 13.2 Å². The highest BCUT2D eigenvalue weighted by Gasteiger charge is 2.27. The van der Waals surface area contributed by atoms with Gasteiger partial charge in [-0.15, -0.1) is 12.4 Å². The van der Waals surface area contributed by atoms with Gasteiger partial charge in [-0.25, -0.2) is 19.3 Å². The second-order valence-electron chi connectivity index (χ2n) is 6.50. The average molecular weight is 404 g/mol. The van der Waals surface area contributed by atoms with Gasteiger partial charge in [-0.3, -0.25) is 0 Å². The van der Waals surface area contributed by atoms with Crippen molar-refractivity contribution in [3.63, 3.8) is 0 Å². The first kappa shape index (κ1) is 20.0. The number of anilines is 1. The number of aliphatic hydroxyl groups is 1. The molecule has 4 rings (SSSR count). The summed E-state index contributed by atoms with van der Waals surface area (Å²) >= 11 is 0. The van der Waals surface area contributed by atoms with Gasteiger partial charge in [0.2, 0.25) is 5.82 Å². The summed E-state index contributed by atoms with van der Waals surface area (Å²) in [4.78, 5) is 13.1. The predicted molar refractivity (Wildman–Crippen MR) is 105 cm³/mol. The smallest absolute Gasteiger partial charge is 0.209 e. The van der Waals surface area contributed by atoms with Gasteiger partial charge in [0.25, 0.3) is 0 Å². The Morgan fingerprint density at radius 2 is 2.00 bits per heavy atom. The highest BCUT2D eigenvalue weighted by Crippen LogP contribution is 2.25. The molecule has 7 nitrogen and oxygen atoms in total. The van der Waals surface area contributed by atoms with Crippen LogP contribution in [0.4, 0.5) is 10.2 Å². The molecule has 0 aliphatic carbocycles. The van der Waals surface area contributed by atoms with Crippen LogP contribution in [-0.2, 0) is 11.8 Å². The zero-order valence-electron chi connectivity index (χ0n) is 15.1. The van der Waals surface area contributed by atoms with E-state index in [1.165, 1.54) is 12.1 Å². The third-order valence-corrected chi connectivity index (χ3v) is 4.56. The number of aryl methyl sites for hydroxylation is 1. The summed E-state index contributed by atoms with van der Waals surface area (Å²) in [6.07, 6.45) is 0.875. The quantitative estimate of drug-likeness (QED) is 0.603. The Hall–Kier alpha value is -2.73. The molecular weight excluding hydrogens is 385 g/mol. The van der Waals surface area contributed by atoms with Crippen LogP contribution in [0.3, 0.4) is 0 Å². The van der Waals surface area contributed by atoms with Crippen molar-refractivity contribution in [1.29, 1.82) is 0 Å². The Morgan fingerprint density at radius 1 is 1.25 bits per heavy atom. The zero-order chi connectivity index (χ0) is 19.0. The van der Waals surface area contributed by atoms with Gasteiger partial charge in [0.1, 0.15) is 17.2 Å². The van der Waals surface area contributed by atoms with E-state index in [9.17, 15) is 9.50 Å². The summed E-state index contributed by atoms with van der Waals surface area (Å²) in [6.45, 7) is 0.928. The third-order valence-electron chi connectivity index (χ3n) is 4.56. The van der Waals surface area contributed by atoms with Crippen molar-refractivity contribution < 1.29 is 14.2 Å². The standard InChI is InChI=1S/C19H18FN5O2.ClH/c1-25-17(12-3-2-4-13(20)11-12)24-15-16(21)22-14(23-18(15)25)5-6-19(26)7-9-27-10-8-19;/h2-4,11,26H,7-10H2,1H3,(H2,21,22,23);1H. The molecule has 0 radical (unpaired) electrons. The predicted octanol–water partition coefficient (Wildman–Crippen LogP) is 2.07. The number of rotatable bonds is 1. The van der Waals surface area contributed by atoms with E-state index in [1.54, 1.807) is 23.7 Å². The number of imidazole rings is 1. The summed E-state index contributed by atoms with van der Waals surface area (Å²) in [5.41, 5.74) is 6.46. The van der Waals surface area contributed by atoms with Crippen LogP contribution in [0.5, 0.6) is 0 Å². The number of ether oxygens (including phenoxy) is 1. The summed E-state index contributed by atoms with van der Waals surface area (Å²) < 4.78 is 20.5. The molecule has 0 unspecified atom stereocenters. The number of aromatic nitrogens is 4. The maximum atomic E-state index is 13.6. The maximum Gasteiger partial charge on any atom is 0.209 e. The normalized spacial score (nSPS) is 15.5. The van der Waals surface area contributed by atoms with E-state index in [-0.39, 0.29) is 29.9 Å². The summed E-state index contributed by atoms with van der Waals surface area (Å²) in [5, 5.41) is 10.5. The molecule has 28 heavy (non-hydrogen) atoms. The highest BCUT2D eigenvalue weighted by molar-refractivity contribution is 5.86. The number of nitrogen functional groups attached to an aromatic ring is 1. The van der Waals surface area contributed by atoms with Gasteiger partial charge in [0.15, 0.2) is 17.0 Å². The average Bonchev–Trinajstić information content (AvgIpc) is 2.98. The number of hydrogen-bond donors (Lipinski definition) is 2. The van der Waals surface area contributed by atoms with E-state index >= 15 is 0 Å². The molecule has 9 heteroatoms. The highest BCUT2D eigenvalue weighted by atomic mass is 35.5. The maximum absolute atomic E-state index is 13.6. The number of hydrogen-bond acceptors (Lipinski definition) is 6. The molecule has 0 amide bonds. The molecule has 3 heterocycles. The van der Waals surface area contributed by atoms with Crippen LogP contribution in [0.1, 0.15) is 18.7 Å². The van der Waals surface area contributed by atoms with E-state index in [0.29, 0.717) is 48.6 Å². The molecule has 0 bridgehead atoms. The first-order valence-electron chi connectivity index (χ1n) is 8.54. The van der Waals surface area contributed by atoms with Crippen molar-refractivity contribution in [2.75, 3.05) is 18.9 Å². The van der Waals surface area contributed by atoms with E-state index < -0.39 is 5.60 Å². The molecule has 146 valence electrons. The minimum absolute atomic E-state index is 0. The van der Waals surface area contributed by atoms with Gasteiger partial charge < -0.3 is 20.1 Å². The minimum atomic E-state index is -1.11. The molecule has 1 aliphatic rings. The van der Waals surface area contributed by atoms with Crippen molar-refractivity contribution in [1.82, 2.24) is 19.5 Å². The fourth-order valence-electron chi connectivity index (χ4n) is 3.03. The van der Waals surface area contributed by atoms with Gasteiger partial charge in [0, 0.05) is 25.5 Å². The second kappa shape index (κ2) is 7.72. The Morgan fingerprint density at radius 3 is 2.71 bits per heavy atom. The van der Waals surface area contributed by atoms with Gasteiger partial charge in [-0.2, -0.15) is 0 Å². The van der Waals surface area contributed by atoms with Crippen molar-refractivity contribution >= 4 is 29.4 Å².